The van der Waals surface area contributed by atoms with Crippen LogP contribution in [0.5, 0.6) is 28.7 Å². The van der Waals surface area contributed by atoms with Crippen molar-refractivity contribution in [1.29, 1.82) is 0 Å². The standard InChI is InChI=1S/C36H35ClN4O7/c1-7-47-29-16-21(12-15-28(29)48-36(43)22-17-30(44-4)34(46-6)31(18-22)45-5)20-38-40-35(42)33-32(24-10-8-9-11-26(24)37)25-19-23(41(2)3)13-14-27(25)39-33/h8-20,39H,7H2,1-6H3,(H,40,42). The number of hydrogen-bond acceptors (Lipinski definition) is 9. The van der Waals surface area contributed by atoms with Gasteiger partial charge in [0.15, 0.2) is 23.0 Å². The number of nitrogens with zero attached hydrogens (tertiary/aromatic N) is 2. The molecule has 0 aliphatic rings. The second-order valence-electron chi connectivity index (χ2n) is 10.6. The lowest BCUT2D eigenvalue weighted by Crippen LogP contribution is -2.19. The molecule has 1 heterocycles. The number of benzene rings is 4. The number of methoxy groups -OCH3 is 3. The topological polar surface area (TPSA) is 124 Å². The number of anilines is 1. The largest absolute Gasteiger partial charge is 0.493 e. The fourth-order valence-electron chi connectivity index (χ4n) is 5.11. The van der Waals surface area contributed by atoms with Crippen molar-refractivity contribution < 1.29 is 33.3 Å². The van der Waals surface area contributed by atoms with Crippen molar-refractivity contribution in [3.63, 3.8) is 0 Å². The van der Waals surface area contributed by atoms with Crippen LogP contribution < -0.4 is 34.0 Å². The van der Waals surface area contributed by atoms with Crippen LogP contribution in [0.15, 0.2) is 77.9 Å². The molecule has 0 fully saturated rings. The zero-order valence-corrected chi connectivity index (χ0v) is 28.1. The number of rotatable bonds is 12. The first kappa shape index (κ1) is 33.7. The summed E-state index contributed by atoms with van der Waals surface area (Å²) in [5.74, 6) is 0.363. The van der Waals surface area contributed by atoms with E-state index in [2.05, 4.69) is 15.5 Å². The molecule has 248 valence electrons. The van der Waals surface area contributed by atoms with Gasteiger partial charge in [-0.05, 0) is 67.1 Å². The monoisotopic (exact) mass is 670 g/mol. The zero-order valence-electron chi connectivity index (χ0n) is 27.3. The van der Waals surface area contributed by atoms with Gasteiger partial charge in [-0.25, -0.2) is 10.2 Å². The first-order valence-electron chi connectivity index (χ1n) is 14.9. The van der Waals surface area contributed by atoms with E-state index in [0.29, 0.717) is 57.0 Å². The quantitative estimate of drug-likeness (QED) is 0.0632. The van der Waals surface area contributed by atoms with E-state index in [1.165, 1.54) is 39.7 Å². The number of ether oxygens (including phenoxy) is 5. The molecule has 1 amide bonds. The molecule has 4 aromatic carbocycles. The molecule has 0 bridgehead atoms. The van der Waals surface area contributed by atoms with Gasteiger partial charge >= 0.3 is 5.97 Å². The molecule has 0 aliphatic carbocycles. The van der Waals surface area contributed by atoms with Crippen LogP contribution in [-0.2, 0) is 0 Å². The Morgan fingerprint density at radius 1 is 0.896 bits per heavy atom. The van der Waals surface area contributed by atoms with Gasteiger partial charge in [-0.3, -0.25) is 4.79 Å². The highest BCUT2D eigenvalue weighted by molar-refractivity contribution is 6.34. The van der Waals surface area contributed by atoms with E-state index in [4.69, 9.17) is 35.3 Å². The summed E-state index contributed by atoms with van der Waals surface area (Å²) in [6.45, 7) is 2.12. The third kappa shape index (κ3) is 7.01. The van der Waals surface area contributed by atoms with Crippen molar-refractivity contribution in [2.45, 2.75) is 6.92 Å². The Morgan fingerprint density at radius 2 is 1.62 bits per heavy atom. The average molecular weight is 671 g/mol. The SMILES string of the molecule is CCOc1cc(C=NNC(=O)c2[nH]c3ccc(N(C)C)cc3c2-c2ccccc2Cl)ccc1OC(=O)c1cc(OC)c(OC)c(OC)c1. The lowest BCUT2D eigenvalue weighted by molar-refractivity contribution is 0.0727. The number of aromatic amines is 1. The predicted octanol–water partition coefficient (Wildman–Crippen LogP) is 6.96. The summed E-state index contributed by atoms with van der Waals surface area (Å²) < 4.78 is 27.5. The average Bonchev–Trinajstić information content (AvgIpc) is 3.47. The highest BCUT2D eigenvalue weighted by atomic mass is 35.5. The first-order chi connectivity index (χ1) is 23.2. The van der Waals surface area contributed by atoms with E-state index in [-0.39, 0.29) is 11.3 Å². The first-order valence-corrected chi connectivity index (χ1v) is 15.3. The van der Waals surface area contributed by atoms with Gasteiger partial charge < -0.3 is 33.6 Å². The van der Waals surface area contributed by atoms with Crippen LogP contribution in [0.25, 0.3) is 22.0 Å². The number of aromatic nitrogens is 1. The van der Waals surface area contributed by atoms with Gasteiger partial charge in [0.05, 0.1) is 39.7 Å². The highest BCUT2D eigenvalue weighted by Gasteiger charge is 2.22. The third-order valence-electron chi connectivity index (χ3n) is 7.42. The number of hydrazone groups is 1. The second-order valence-corrected chi connectivity index (χ2v) is 11.0. The number of carbonyl (C=O) groups is 2. The van der Waals surface area contributed by atoms with Crippen molar-refractivity contribution >= 4 is 46.3 Å². The van der Waals surface area contributed by atoms with Crippen molar-refractivity contribution in [3.8, 4) is 39.9 Å². The van der Waals surface area contributed by atoms with Gasteiger partial charge in [0.1, 0.15) is 5.69 Å². The smallest absolute Gasteiger partial charge is 0.343 e. The van der Waals surface area contributed by atoms with E-state index in [1.54, 1.807) is 24.3 Å². The molecular weight excluding hydrogens is 636 g/mol. The van der Waals surface area contributed by atoms with Gasteiger partial charge in [0, 0.05) is 46.8 Å². The summed E-state index contributed by atoms with van der Waals surface area (Å²) in [6.07, 6.45) is 1.47. The molecule has 0 saturated carbocycles. The van der Waals surface area contributed by atoms with Crippen molar-refractivity contribution in [3.05, 3.63) is 94.6 Å². The maximum atomic E-state index is 13.5. The molecule has 11 nitrogen and oxygen atoms in total. The molecule has 0 radical (unpaired) electrons. The van der Waals surface area contributed by atoms with Crippen LogP contribution in [-0.4, -0.2) is 65.1 Å². The summed E-state index contributed by atoms with van der Waals surface area (Å²) in [7, 11) is 8.30. The Kier molecular flexibility index (Phi) is 10.4. The molecule has 5 aromatic rings. The van der Waals surface area contributed by atoms with E-state index in [0.717, 1.165) is 16.6 Å². The Balaban J connectivity index is 1.39. The predicted molar refractivity (Wildman–Crippen MR) is 187 cm³/mol. The number of carbonyl (C=O) groups excluding carboxylic acids is 2. The Labute approximate surface area is 283 Å². The summed E-state index contributed by atoms with van der Waals surface area (Å²) in [6, 6.07) is 21.2. The van der Waals surface area contributed by atoms with Gasteiger partial charge in [-0.2, -0.15) is 5.10 Å². The van der Waals surface area contributed by atoms with Crippen LogP contribution in [0.2, 0.25) is 5.02 Å². The maximum Gasteiger partial charge on any atom is 0.343 e. The maximum absolute atomic E-state index is 13.5. The summed E-state index contributed by atoms with van der Waals surface area (Å²) >= 11 is 6.59. The van der Waals surface area contributed by atoms with E-state index in [1.807, 2.05) is 62.3 Å². The molecule has 0 spiro atoms. The van der Waals surface area contributed by atoms with E-state index >= 15 is 0 Å². The Bertz CT molecular complexity index is 1980. The van der Waals surface area contributed by atoms with E-state index in [9.17, 15) is 9.59 Å². The fraction of sp³-hybridized carbons (Fsp3) is 0.194. The van der Waals surface area contributed by atoms with Crippen LogP contribution in [0, 0.1) is 0 Å². The number of hydrogen-bond donors (Lipinski definition) is 2. The number of esters is 1. The van der Waals surface area contributed by atoms with Crippen molar-refractivity contribution in [2.24, 2.45) is 5.10 Å². The lowest BCUT2D eigenvalue weighted by Gasteiger charge is -2.15. The van der Waals surface area contributed by atoms with Gasteiger partial charge in [-0.15, -0.1) is 0 Å². The number of halogens is 1. The number of amides is 1. The minimum atomic E-state index is -0.658. The molecule has 0 aliphatic heterocycles. The van der Waals surface area contributed by atoms with Crippen molar-refractivity contribution in [1.82, 2.24) is 10.4 Å². The summed E-state index contributed by atoms with van der Waals surface area (Å²) in [5, 5.41) is 5.56. The van der Waals surface area contributed by atoms with Gasteiger partial charge in [0.2, 0.25) is 5.75 Å². The van der Waals surface area contributed by atoms with Gasteiger partial charge in [0.25, 0.3) is 5.91 Å². The second kappa shape index (κ2) is 14.8. The van der Waals surface area contributed by atoms with Crippen LogP contribution >= 0.6 is 11.6 Å². The number of fused-ring (bicyclic) bond motifs is 1. The molecular formula is C36H35ClN4O7. The molecule has 5 rings (SSSR count). The molecule has 48 heavy (non-hydrogen) atoms. The minimum Gasteiger partial charge on any atom is -0.493 e. The minimum absolute atomic E-state index is 0.186. The molecule has 1 aromatic heterocycles. The summed E-state index contributed by atoms with van der Waals surface area (Å²) in [4.78, 5) is 31.9. The number of nitrogens with one attached hydrogen (secondary N) is 2. The lowest BCUT2D eigenvalue weighted by atomic mass is 10.0. The van der Waals surface area contributed by atoms with Crippen LogP contribution in [0.4, 0.5) is 5.69 Å². The third-order valence-corrected chi connectivity index (χ3v) is 7.75. The van der Waals surface area contributed by atoms with Crippen molar-refractivity contribution in [2.75, 3.05) is 46.9 Å². The van der Waals surface area contributed by atoms with Crippen LogP contribution in [0.3, 0.4) is 0 Å². The molecule has 12 heteroatoms. The fourth-order valence-corrected chi connectivity index (χ4v) is 5.34. The zero-order chi connectivity index (χ0) is 34.4. The highest BCUT2D eigenvalue weighted by Crippen LogP contribution is 2.40. The number of H-pyrrole nitrogens is 1. The van der Waals surface area contributed by atoms with Gasteiger partial charge in [-0.1, -0.05) is 29.8 Å². The molecule has 0 unspecified atom stereocenters. The molecule has 2 N–H and O–H groups in total. The Morgan fingerprint density at radius 3 is 2.27 bits per heavy atom. The van der Waals surface area contributed by atoms with Crippen LogP contribution in [0.1, 0.15) is 33.3 Å². The van der Waals surface area contributed by atoms with E-state index < -0.39 is 11.9 Å². The summed E-state index contributed by atoms with van der Waals surface area (Å²) in [5.41, 5.74) is 6.84. The normalized spacial score (nSPS) is 11.0. The molecule has 0 atom stereocenters. The molecule has 0 saturated heterocycles. The Hall–Kier alpha value is -5.68.